The number of aromatic nitrogens is 2. The SMILES string of the molecule is Cc1cc(C(O)c2c(Cl)cnn2C(C)C)ccc1Br. The van der Waals surface area contributed by atoms with Crippen molar-refractivity contribution in [2.75, 3.05) is 0 Å². The molecule has 0 aliphatic carbocycles. The second kappa shape index (κ2) is 5.65. The van der Waals surface area contributed by atoms with Crippen LogP contribution in [0.2, 0.25) is 5.02 Å². The Kier molecular flexibility index (Phi) is 4.33. The van der Waals surface area contributed by atoms with Gasteiger partial charge in [-0.3, -0.25) is 4.68 Å². The quantitative estimate of drug-likeness (QED) is 0.903. The van der Waals surface area contributed by atoms with Crippen LogP contribution in [0, 0.1) is 6.92 Å². The molecular formula is C14H16BrClN2O. The van der Waals surface area contributed by atoms with E-state index in [1.165, 1.54) is 0 Å². The van der Waals surface area contributed by atoms with Crippen LogP contribution in [0.25, 0.3) is 0 Å². The zero-order valence-electron chi connectivity index (χ0n) is 11.1. The summed E-state index contributed by atoms with van der Waals surface area (Å²) in [5, 5.41) is 15.3. The highest BCUT2D eigenvalue weighted by molar-refractivity contribution is 9.10. The lowest BCUT2D eigenvalue weighted by atomic mass is 10.0. The molecule has 0 spiro atoms. The van der Waals surface area contributed by atoms with E-state index < -0.39 is 6.10 Å². The van der Waals surface area contributed by atoms with E-state index in [9.17, 15) is 5.11 Å². The van der Waals surface area contributed by atoms with Gasteiger partial charge in [-0.2, -0.15) is 5.10 Å². The maximum atomic E-state index is 10.5. The Bertz CT molecular complexity index is 595. The van der Waals surface area contributed by atoms with Gasteiger partial charge in [-0.15, -0.1) is 0 Å². The minimum Gasteiger partial charge on any atom is -0.382 e. The van der Waals surface area contributed by atoms with Crippen molar-refractivity contribution in [1.29, 1.82) is 0 Å². The zero-order chi connectivity index (χ0) is 14.2. The van der Waals surface area contributed by atoms with Gasteiger partial charge in [0.25, 0.3) is 0 Å². The van der Waals surface area contributed by atoms with E-state index in [1.54, 1.807) is 10.9 Å². The summed E-state index contributed by atoms with van der Waals surface area (Å²) in [6.45, 7) is 6.00. The monoisotopic (exact) mass is 342 g/mol. The second-order valence-electron chi connectivity index (χ2n) is 4.83. The van der Waals surface area contributed by atoms with Crippen LogP contribution in [0.5, 0.6) is 0 Å². The molecule has 0 amide bonds. The maximum absolute atomic E-state index is 10.5. The van der Waals surface area contributed by atoms with Gasteiger partial charge in [0.2, 0.25) is 0 Å². The van der Waals surface area contributed by atoms with Crippen molar-refractivity contribution in [2.45, 2.75) is 32.9 Å². The first-order valence-electron chi connectivity index (χ1n) is 6.08. The normalized spacial score (nSPS) is 13.0. The molecule has 1 heterocycles. The molecule has 1 N–H and O–H groups in total. The average Bonchev–Trinajstić information content (AvgIpc) is 2.74. The number of halogens is 2. The molecule has 0 radical (unpaired) electrons. The lowest BCUT2D eigenvalue weighted by molar-refractivity contribution is 0.205. The molecule has 0 fully saturated rings. The molecular weight excluding hydrogens is 328 g/mol. The first-order valence-corrected chi connectivity index (χ1v) is 7.26. The number of aliphatic hydroxyl groups excluding tert-OH is 1. The smallest absolute Gasteiger partial charge is 0.122 e. The molecule has 2 aromatic rings. The third-order valence-electron chi connectivity index (χ3n) is 3.03. The van der Waals surface area contributed by atoms with Crippen LogP contribution < -0.4 is 0 Å². The average molecular weight is 344 g/mol. The maximum Gasteiger partial charge on any atom is 0.122 e. The van der Waals surface area contributed by atoms with Gasteiger partial charge in [-0.25, -0.2) is 0 Å². The van der Waals surface area contributed by atoms with E-state index in [4.69, 9.17) is 11.6 Å². The van der Waals surface area contributed by atoms with Gasteiger partial charge in [0, 0.05) is 10.5 Å². The zero-order valence-corrected chi connectivity index (χ0v) is 13.4. The van der Waals surface area contributed by atoms with Gasteiger partial charge in [0.15, 0.2) is 0 Å². The van der Waals surface area contributed by atoms with Gasteiger partial charge >= 0.3 is 0 Å². The molecule has 0 saturated heterocycles. The summed E-state index contributed by atoms with van der Waals surface area (Å²) in [6, 6.07) is 5.91. The molecule has 5 heteroatoms. The fourth-order valence-electron chi connectivity index (χ4n) is 2.01. The van der Waals surface area contributed by atoms with E-state index in [1.807, 2.05) is 39.0 Å². The van der Waals surface area contributed by atoms with E-state index in [-0.39, 0.29) is 6.04 Å². The van der Waals surface area contributed by atoms with E-state index >= 15 is 0 Å². The molecule has 3 nitrogen and oxygen atoms in total. The highest BCUT2D eigenvalue weighted by Gasteiger charge is 2.21. The molecule has 102 valence electrons. The standard InChI is InChI=1S/C14H16BrClN2O/c1-8(2)18-13(12(16)7-17-18)14(19)10-4-5-11(15)9(3)6-10/h4-8,14,19H,1-3H3. The third-order valence-corrected chi connectivity index (χ3v) is 4.21. The lowest BCUT2D eigenvalue weighted by Gasteiger charge is -2.17. The number of hydrogen-bond acceptors (Lipinski definition) is 2. The van der Waals surface area contributed by atoms with Gasteiger partial charge in [-0.1, -0.05) is 39.7 Å². The van der Waals surface area contributed by atoms with Gasteiger partial charge in [0.1, 0.15) is 6.10 Å². The molecule has 19 heavy (non-hydrogen) atoms. The molecule has 1 unspecified atom stereocenters. The number of nitrogens with zero attached hydrogens (tertiary/aromatic N) is 2. The largest absolute Gasteiger partial charge is 0.382 e. The summed E-state index contributed by atoms with van der Waals surface area (Å²) in [4.78, 5) is 0. The Labute approximate surface area is 126 Å². The minimum absolute atomic E-state index is 0.147. The van der Waals surface area contributed by atoms with Crippen LogP contribution in [-0.4, -0.2) is 14.9 Å². The van der Waals surface area contributed by atoms with Crippen LogP contribution in [-0.2, 0) is 0 Å². The Balaban J connectivity index is 2.46. The number of aryl methyl sites for hydroxylation is 1. The van der Waals surface area contributed by atoms with Crippen LogP contribution in [0.1, 0.15) is 42.8 Å². The van der Waals surface area contributed by atoms with Crippen molar-refractivity contribution in [3.63, 3.8) is 0 Å². The molecule has 1 aromatic heterocycles. The van der Waals surface area contributed by atoms with Gasteiger partial charge in [0.05, 0.1) is 16.9 Å². The summed E-state index contributed by atoms with van der Waals surface area (Å²) in [7, 11) is 0. The van der Waals surface area contributed by atoms with E-state index in [0.29, 0.717) is 10.7 Å². The highest BCUT2D eigenvalue weighted by atomic mass is 79.9. The molecule has 0 aliphatic heterocycles. The fraction of sp³-hybridized carbons (Fsp3) is 0.357. The highest BCUT2D eigenvalue weighted by Crippen LogP contribution is 2.31. The summed E-state index contributed by atoms with van der Waals surface area (Å²) in [5.41, 5.74) is 2.52. The van der Waals surface area contributed by atoms with Crippen molar-refractivity contribution >= 4 is 27.5 Å². The Morgan fingerprint density at radius 2 is 2.05 bits per heavy atom. The molecule has 0 aliphatic rings. The summed E-state index contributed by atoms with van der Waals surface area (Å²) in [6.07, 6.45) is 0.801. The van der Waals surface area contributed by atoms with Crippen molar-refractivity contribution in [1.82, 2.24) is 9.78 Å². The Hall–Kier alpha value is -0.840. The topological polar surface area (TPSA) is 38.1 Å². The third kappa shape index (κ3) is 2.86. The van der Waals surface area contributed by atoms with Gasteiger partial charge < -0.3 is 5.11 Å². The van der Waals surface area contributed by atoms with Crippen LogP contribution >= 0.6 is 27.5 Å². The Morgan fingerprint density at radius 1 is 1.37 bits per heavy atom. The molecule has 0 bridgehead atoms. The predicted molar refractivity (Wildman–Crippen MR) is 80.6 cm³/mol. The molecule has 1 aromatic carbocycles. The number of rotatable bonds is 3. The molecule has 0 saturated carbocycles. The van der Waals surface area contributed by atoms with Crippen molar-refractivity contribution in [3.05, 3.63) is 50.7 Å². The van der Waals surface area contributed by atoms with Gasteiger partial charge in [-0.05, 0) is 38.0 Å². The Morgan fingerprint density at radius 3 is 2.63 bits per heavy atom. The number of hydrogen-bond donors (Lipinski definition) is 1. The van der Waals surface area contributed by atoms with Crippen LogP contribution in [0.3, 0.4) is 0 Å². The predicted octanol–water partition coefficient (Wildman–Crippen LogP) is 4.27. The summed E-state index contributed by atoms with van der Waals surface area (Å²) < 4.78 is 2.77. The summed E-state index contributed by atoms with van der Waals surface area (Å²) >= 11 is 9.61. The first kappa shape index (κ1) is 14.6. The fourth-order valence-corrected chi connectivity index (χ4v) is 2.49. The second-order valence-corrected chi connectivity index (χ2v) is 6.09. The summed E-state index contributed by atoms with van der Waals surface area (Å²) in [5.74, 6) is 0. The van der Waals surface area contributed by atoms with Crippen molar-refractivity contribution < 1.29 is 5.11 Å². The molecule has 2 rings (SSSR count). The van der Waals surface area contributed by atoms with E-state index in [0.717, 1.165) is 15.6 Å². The van der Waals surface area contributed by atoms with Crippen LogP contribution in [0.4, 0.5) is 0 Å². The van der Waals surface area contributed by atoms with E-state index in [2.05, 4.69) is 21.0 Å². The van der Waals surface area contributed by atoms with Crippen LogP contribution in [0.15, 0.2) is 28.9 Å². The first-order chi connectivity index (χ1) is 8.91. The minimum atomic E-state index is -0.774. The van der Waals surface area contributed by atoms with Crippen molar-refractivity contribution in [3.8, 4) is 0 Å². The number of benzene rings is 1. The molecule has 1 atom stereocenters. The van der Waals surface area contributed by atoms with Crippen molar-refractivity contribution in [2.24, 2.45) is 0 Å². The lowest BCUT2D eigenvalue weighted by Crippen LogP contribution is -2.12. The number of aliphatic hydroxyl groups is 1.